The summed E-state index contributed by atoms with van der Waals surface area (Å²) in [4.78, 5) is 0. The van der Waals surface area contributed by atoms with Crippen molar-refractivity contribution in [3.63, 3.8) is 0 Å². The number of hydrogen-bond acceptors (Lipinski definition) is 1. The first-order valence-electron chi connectivity index (χ1n) is 4.16. The Morgan fingerprint density at radius 1 is 1.23 bits per heavy atom. The molecule has 1 aliphatic rings. The first-order valence-corrected chi connectivity index (χ1v) is 5.91. The van der Waals surface area contributed by atoms with E-state index in [2.05, 4.69) is 19.1 Å². The lowest BCUT2D eigenvalue weighted by molar-refractivity contribution is 0.614. The molecule has 0 aliphatic carbocycles. The quantitative estimate of drug-likeness (QED) is 0.664. The summed E-state index contributed by atoms with van der Waals surface area (Å²) in [5.41, 5.74) is 1.26. The molecule has 1 aromatic rings. The number of thioether (sulfide) groups is 1. The van der Waals surface area contributed by atoms with Crippen molar-refractivity contribution in [3.05, 3.63) is 35.9 Å². The summed E-state index contributed by atoms with van der Waals surface area (Å²) in [6.07, 6.45) is 0. The predicted molar refractivity (Wildman–Crippen MR) is 60.7 cm³/mol. The third kappa shape index (κ3) is 1.47. The van der Waals surface area contributed by atoms with E-state index < -0.39 is 0 Å². The fraction of sp³-hybridized carbons (Fsp3) is 0.400. The smallest absolute Gasteiger partial charge is 0.0977 e. The third-order valence-corrected chi connectivity index (χ3v) is 5.55. The average Bonchev–Trinajstić information content (AvgIpc) is 2.19. The van der Waals surface area contributed by atoms with Crippen LogP contribution in [0.25, 0.3) is 0 Å². The van der Waals surface area contributed by atoms with Crippen molar-refractivity contribution in [1.82, 2.24) is 0 Å². The molecular weight excluding hydrogens is 223 g/mol. The lowest BCUT2D eigenvalue weighted by atomic mass is 9.96. The van der Waals surface area contributed by atoms with Crippen LogP contribution in [0.3, 0.4) is 0 Å². The molecule has 3 unspecified atom stereocenters. The van der Waals surface area contributed by atoms with Gasteiger partial charge < -0.3 is 0 Å². The Kier molecular flexibility index (Phi) is 2.52. The predicted octanol–water partition coefficient (Wildman–Crippen LogP) is 3.82. The van der Waals surface area contributed by atoms with E-state index >= 15 is 0 Å². The monoisotopic (exact) mass is 232 g/mol. The lowest BCUT2D eigenvalue weighted by Gasteiger charge is -2.47. The van der Waals surface area contributed by atoms with Crippen molar-refractivity contribution in [2.24, 2.45) is 0 Å². The van der Waals surface area contributed by atoms with E-state index in [1.165, 1.54) is 5.56 Å². The Hall–Kier alpha value is 0.150. The molecule has 13 heavy (non-hydrogen) atoms. The van der Waals surface area contributed by atoms with Crippen LogP contribution in [0, 0.1) is 0 Å². The van der Waals surface area contributed by atoms with Gasteiger partial charge >= 0.3 is 0 Å². The van der Waals surface area contributed by atoms with Crippen molar-refractivity contribution in [2.45, 2.75) is 21.8 Å². The zero-order valence-electron chi connectivity index (χ0n) is 7.21. The molecule has 1 aliphatic heterocycles. The normalized spacial score (nSPS) is 38.4. The number of benzene rings is 1. The molecule has 70 valence electrons. The molecule has 0 saturated carbocycles. The molecule has 0 nitrogen and oxygen atoms in total. The van der Waals surface area contributed by atoms with Gasteiger partial charge in [0.2, 0.25) is 0 Å². The van der Waals surface area contributed by atoms with Crippen LogP contribution in [0.5, 0.6) is 0 Å². The Labute approximate surface area is 92.6 Å². The molecule has 0 amide bonds. The molecule has 0 spiro atoms. The van der Waals surface area contributed by atoms with Gasteiger partial charge in [-0.05, 0) is 12.5 Å². The fourth-order valence-corrected chi connectivity index (χ4v) is 4.02. The van der Waals surface area contributed by atoms with E-state index in [4.69, 9.17) is 23.2 Å². The summed E-state index contributed by atoms with van der Waals surface area (Å²) in [7, 11) is 0. The number of alkyl halides is 2. The lowest BCUT2D eigenvalue weighted by Crippen LogP contribution is -2.46. The van der Waals surface area contributed by atoms with E-state index in [0.717, 1.165) is 0 Å². The molecule has 2 rings (SSSR count). The van der Waals surface area contributed by atoms with Crippen LogP contribution in [0.1, 0.15) is 12.5 Å². The van der Waals surface area contributed by atoms with Crippen LogP contribution in [0.2, 0.25) is 0 Å². The SMILES string of the molecule is CC1(c2ccccc2)SC(Cl)C1Cl. The van der Waals surface area contributed by atoms with Crippen molar-refractivity contribution >= 4 is 35.0 Å². The standard InChI is InChI=1S/C10H10Cl2S/c1-10(8(11)9(12)13-10)7-5-3-2-4-6-7/h2-6,8-9H,1H3. The fourth-order valence-electron chi connectivity index (χ4n) is 1.53. The molecular formula is C10H10Cl2S. The second-order valence-corrected chi connectivity index (χ2v) is 6.13. The van der Waals surface area contributed by atoms with Crippen molar-refractivity contribution in [2.75, 3.05) is 0 Å². The van der Waals surface area contributed by atoms with Gasteiger partial charge in [0.15, 0.2) is 0 Å². The van der Waals surface area contributed by atoms with E-state index in [-0.39, 0.29) is 14.8 Å². The summed E-state index contributed by atoms with van der Waals surface area (Å²) >= 11 is 13.9. The Morgan fingerprint density at radius 2 is 1.85 bits per heavy atom. The molecule has 1 fully saturated rings. The summed E-state index contributed by atoms with van der Waals surface area (Å²) in [6.45, 7) is 2.14. The minimum absolute atomic E-state index is 0.00473. The Bertz CT molecular complexity index is 301. The van der Waals surface area contributed by atoms with Crippen LogP contribution in [-0.4, -0.2) is 10.1 Å². The highest BCUT2D eigenvalue weighted by Crippen LogP contribution is 2.58. The molecule has 0 bridgehead atoms. The molecule has 0 radical (unpaired) electrons. The second-order valence-electron chi connectivity index (χ2n) is 3.34. The largest absolute Gasteiger partial charge is 0.128 e. The summed E-state index contributed by atoms with van der Waals surface area (Å²) in [5, 5.41) is 0.0292. The van der Waals surface area contributed by atoms with Crippen LogP contribution < -0.4 is 0 Å². The Balaban J connectivity index is 2.28. The number of rotatable bonds is 1. The number of hydrogen-bond donors (Lipinski definition) is 0. The van der Waals surface area contributed by atoms with Gasteiger partial charge in [-0.1, -0.05) is 30.3 Å². The van der Waals surface area contributed by atoms with Gasteiger partial charge in [0.1, 0.15) is 0 Å². The summed E-state index contributed by atoms with van der Waals surface area (Å²) in [6, 6.07) is 10.3. The minimum atomic E-state index is -0.00473. The zero-order valence-corrected chi connectivity index (χ0v) is 9.53. The van der Waals surface area contributed by atoms with Crippen LogP contribution >= 0.6 is 35.0 Å². The van der Waals surface area contributed by atoms with E-state index in [1.807, 2.05) is 18.2 Å². The van der Waals surface area contributed by atoms with Gasteiger partial charge in [0, 0.05) is 0 Å². The van der Waals surface area contributed by atoms with E-state index in [1.54, 1.807) is 11.8 Å². The maximum atomic E-state index is 6.19. The first kappa shape index (κ1) is 9.70. The van der Waals surface area contributed by atoms with Crippen molar-refractivity contribution in [1.29, 1.82) is 0 Å². The van der Waals surface area contributed by atoms with E-state index in [0.29, 0.717) is 0 Å². The highest BCUT2D eigenvalue weighted by Gasteiger charge is 2.50. The minimum Gasteiger partial charge on any atom is -0.128 e. The van der Waals surface area contributed by atoms with Crippen LogP contribution in [0.15, 0.2) is 30.3 Å². The summed E-state index contributed by atoms with van der Waals surface area (Å²) in [5.74, 6) is 0. The first-order chi connectivity index (χ1) is 6.14. The molecule has 1 heterocycles. The average molecular weight is 233 g/mol. The molecule has 1 aromatic carbocycles. The van der Waals surface area contributed by atoms with Gasteiger partial charge in [-0.2, -0.15) is 0 Å². The van der Waals surface area contributed by atoms with Crippen molar-refractivity contribution in [3.8, 4) is 0 Å². The second kappa shape index (κ2) is 3.38. The topological polar surface area (TPSA) is 0 Å². The molecule has 3 atom stereocenters. The maximum Gasteiger partial charge on any atom is 0.0977 e. The van der Waals surface area contributed by atoms with Gasteiger partial charge in [0.25, 0.3) is 0 Å². The molecule has 0 aromatic heterocycles. The molecule has 3 heteroatoms. The highest BCUT2D eigenvalue weighted by molar-refractivity contribution is 8.03. The van der Waals surface area contributed by atoms with E-state index in [9.17, 15) is 0 Å². The van der Waals surface area contributed by atoms with Crippen molar-refractivity contribution < 1.29 is 0 Å². The molecule has 0 N–H and O–H groups in total. The molecule has 1 saturated heterocycles. The van der Waals surface area contributed by atoms with Gasteiger partial charge in [-0.15, -0.1) is 35.0 Å². The summed E-state index contributed by atoms with van der Waals surface area (Å²) < 4.78 is 0.0433. The zero-order chi connectivity index (χ0) is 9.47. The van der Waals surface area contributed by atoms with Crippen LogP contribution in [0.4, 0.5) is 0 Å². The third-order valence-electron chi connectivity index (χ3n) is 2.46. The van der Waals surface area contributed by atoms with Gasteiger partial charge in [0.05, 0.1) is 14.8 Å². The number of halogens is 2. The Morgan fingerprint density at radius 3 is 2.31 bits per heavy atom. The highest BCUT2D eigenvalue weighted by atomic mass is 35.5. The van der Waals surface area contributed by atoms with Crippen LogP contribution in [-0.2, 0) is 4.75 Å². The van der Waals surface area contributed by atoms with Gasteiger partial charge in [-0.25, -0.2) is 0 Å². The van der Waals surface area contributed by atoms with Gasteiger partial charge in [-0.3, -0.25) is 0 Å². The maximum absolute atomic E-state index is 6.19.